The average Bonchev–Trinajstić information content (AvgIpc) is 2.58. The fourth-order valence-corrected chi connectivity index (χ4v) is 2.82. The highest BCUT2D eigenvalue weighted by atomic mass is 35.5. The Kier molecular flexibility index (Phi) is 4.59. The third kappa shape index (κ3) is 3.39. The Balaban J connectivity index is 1.76. The molecule has 3 rings (SSSR count). The minimum atomic E-state index is -0.244. The van der Waals surface area contributed by atoms with E-state index in [4.69, 9.17) is 11.6 Å². The maximum atomic E-state index is 12.4. The van der Waals surface area contributed by atoms with Crippen LogP contribution in [0.1, 0.15) is 29.8 Å². The quantitative estimate of drug-likeness (QED) is 0.932. The number of piperidine rings is 1. The molecule has 1 N–H and O–H groups in total. The van der Waals surface area contributed by atoms with Crippen LogP contribution in [0.4, 0.5) is 11.4 Å². The van der Waals surface area contributed by atoms with Crippen LogP contribution in [-0.4, -0.2) is 24.0 Å². The van der Waals surface area contributed by atoms with Crippen LogP contribution >= 0.6 is 11.6 Å². The first-order valence-electron chi connectivity index (χ1n) is 7.51. The molecule has 4 nitrogen and oxygen atoms in total. The molecule has 5 heteroatoms. The number of anilines is 2. The predicted octanol–water partition coefficient (Wildman–Crippen LogP) is 3.98. The minimum absolute atomic E-state index is 0.244. The smallest absolute Gasteiger partial charge is 0.274 e. The second-order valence-electron chi connectivity index (χ2n) is 5.38. The van der Waals surface area contributed by atoms with Crippen LogP contribution in [0.3, 0.4) is 0 Å². The lowest BCUT2D eigenvalue weighted by Gasteiger charge is -2.28. The first-order chi connectivity index (χ1) is 10.7. The standard InChI is InChI=1S/C17H18ClN3O/c18-14-6-2-3-7-15(14)20-17(22)16-12-13(8-9-19-16)21-10-4-1-5-11-21/h2-3,6-9,12H,1,4-5,10-11H2,(H,20,22). The Morgan fingerprint density at radius 1 is 1.14 bits per heavy atom. The lowest BCUT2D eigenvalue weighted by Crippen LogP contribution is -2.29. The zero-order valence-electron chi connectivity index (χ0n) is 12.3. The van der Waals surface area contributed by atoms with Gasteiger partial charge in [-0.1, -0.05) is 23.7 Å². The van der Waals surface area contributed by atoms with Gasteiger partial charge in [0, 0.05) is 25.0 Å². The molecule has 1 fully saturated rings. The lowest BCUT2D eigenvalue weighted by molar-refractivity contribution is 0.102. The average molecular weight is 316 g/mol. The topological polar surface area (TPSA) is 45.2 Å². The summed E-state index contributed by atoms with van der Waals surface area (Å²) in [4.78, 5) is 18.8. The fraction of sp³-hybridized carbons (Fsp3) is 0.294. The van der Waals surface area contributed by atoms with E-state index in [1.165, 1.54) is 19.3 Å². The van der Waals surface area contributed by atoms with Gasteiger partial charge in [-0.25, -0.2) is 0 Å². The number of aromatic nitrogens is 1. The van der Waals surface area contributed by atoms with E-state index in [-0.39, 0.29) is 5.91 Å². The van der Waals surface area contributed by atoms with Crippen LogP contribution in [0.25, 0.3) is 0 Å². The lowest BCUT2D eigenvalue weighted by atomic mass is 10.1. The summed E-state index contributed by atoms with van der Waals surface area (Å²) in [7, 11) is 0. The van der Waals surface area contributed by atoms with Crippen molar-refractivity contribution in [2.45, 2.75) is 19.3 Å². The van der Waals surface area contributed by atoms with Crippen molar-refractivity contribution in [2.75, 3.05) is 23.3 Å². The van der Waals surface area contributed by atoms with E-state index in [2.05, 4.69) is 15.2 Å². The molecule has 1 aromatic carbocycles. The molecule has 0 atom stereocenters. The molecule has 0 unspecified atom stereocenters. The Bertz CT molecular complexity index is 668. The van der Waals surface area contributed by atoms with Gasteiger partial charge in [-0.2, -0.15) is 0 Å². The zero-order chi connectivity index (χ0) is 15.4. The van der Waals surface area contributed by atoms with Crippen LogP contribution < -0.4 is 10.2 Å². The highest BCUT2D eigenvalue weighted by molar-refractivity contribution is 6.33. The maximum absolute atomic E-state index is 12.4. The van der Waals surface area contributed by atoms with Crippen molar-refractivity contribution in [1.29, 1.82) is 0 Å². The van der Waals surface area contributed by atoms with Crippen LogP contribution in [0.5, 0.6) is 0 Å². The number of halogens is 1. The molecule has 1 aliphatic heterocycles. The van der Waals surface area contributed by atoms with E-state index >= 15 is 0 Å². The summed E-state index contributed by atoms with van der Waals surface area (Å²) in [6.45, 7) is 2.07. The van der Waals surface area contributed by atoms with Gasteiger partial charge in [-0.05, 0) is 43.5 Å². The number of pyridine rings is 1. The monoisotopic (exact) mass is 315 g/mol. The second kappa shape index (κ2) is 6.79. The molecular formula is C17H18ClN3O. The van der Waals surface area contributed by atoms with Gasteiger partial charge < -0.3 is 10.2 Å². The van der Waals surface area contributed by atoms with Gasteiger partial charge in [0.15, 0.2) is 0 Å². The number of carbonyl (C=O) groups is 1. The van der Waals surface area contributed by atoms with E-state index in [0.29, 0.717) is 16.4 Å². The molecule has 22 heavy (non-hydrogen) atoms. The molecule has 0 bridgehead atoms. The molecule has 0 spiro atoms. The molecule has 1 amide bonds. The third-order valence-electron chi connectivity index (χ3n) is 3.82. The molecular weight excluding hydrogens is 298 g/mol. The van der Waals surface area contributed by atoms with Gasteiger partial charge in [0.2, 0.25) is 0 Å². The molecule has 114 valence electrons. The molecule has 0 radical (unpaired) electrons. The van der Waals surface area contributed by atoms with Crippen LogP contribution in [-0.2, 0) is 0 Å². The van der Waals surface area contributed by atoms with Crippen LogP contribution in [0.15, 0.2) is 42.6 Å². The van der Waals surface area contributed by atoms with Gasteiger partial charge in [-0.15, -0.1) is 0 Å². The summed E-state index contributed by atoms with van der Waals surface area (Å²) >= 11 is 6.07. The van der Waals surface area contributed by atoms with Crippen molar-refractivity contribution in [3.05, 3.63) is 53.3 Å². The molecule has 1 saturated heterocycles. The predicted molar refractivity (Wildman–Crippen MR) is 89.7 cm³/mol. The second-order valence-corrected chi connectivity index (χ2v) is 5.79. The van der Waals surface area contributed by atoms with Gasteiger partial charge >= 0.3 is 0 Å². The zero-order valence-corrected chi connectivity index (χ0v) is 13.0. The van der Waals surface area contributed by atoms with E-state index in [1.54, 1.807) is 18.3 Å². The first kappa shape index (κ1) is 14.9. The number of rotatable bonds is 3. The molecule has 0 saturated carbocycles. The van der Waals surface area contributed by atoms with Crippen molar-refractivity contribution >= 4 is 28.9 Å². The Morgan fingerprint density at radius 3 is 2.68 bits per heavy atom. The van der Waals surface area contributed by atoms with Crippen LogP contribution in [0.2, 0.25) is 5.02 Å². The number of carbonyl (C=O) groups excluding carboxylic acids is 1. The molecule has 0 aliphatic carbocycles. The normalized spacial score (nSPS) is 14.7. The van der Waals surface area contributed by atoms with Crippen molar-refractivity contribution in [3.63, 3.8) is 0 Å². The van der Waals surface area contributed by atoms with Gasteiger partial charge in [0.25, 0.3) is 5.91 Å². The molecule has 1 aliphatic rings. The summed E-state index contributed by atoms with van der Waals surface area (Å²) in [5.74, 6) is -0.244. The highest BCUT2D eigenvalue weighted by Gasteiger charge is 2.14. The SMILES string of the molecule is O=C(Nc1ccccc1Cl)c1cc(N2CCCCC2)ccn1. The first-order valence-corrected chi connectivity index (χ1v) is 7.89. The van der Waals surface area contributed by atoms with Gasteiger partial charge in [-0.3, -0.25) is 9.78 Å². The summed E-state index contributed by atoms with van der Waals surface area (Å²) < 4.78 is 0. The maximum Gasteiger partial charge on any atom is 0.274 e. The number of para-hydroxylation sites is 1. The minimum Gasteiger partial charge on any atom is -0.371 e. The van der Waals surface area contributed by atoms with E-state index in [1.807, 2.05) is 24.3 Å². The fourth-order valence-electron chi connectivity index (χ4n) is 2.64. The van der Waals surface area contributed by atoms with Crippen molar-refractivity contribution in [3.8, 4) is 0 Å². The number of nitrogens with one attached hydrogen (secondary N) is 1. The number of hydrogen-bond acceptors (Lipinski definition) is 3. The summed E-state index contributed by atoms with van der Waals surface area (Å²) in [5.41, 5.74) is 2.06. The Hall–Kier alpha value is -2.07. The number of benzene rings is 1. The third-order valence-corrected chi connectivity index (χ3v) is 4.15. The van der Waals surface area contributed by atoms with Gasteiger partial charge in [0.05, 0.1) is 10.7 Å². The van der Waals surface area contributed by atoms with E-state index < -0.39 is 0 Å². The van der Waals surface area contributed by atoms with Crippen molar-refractivity contribution in [1.82, 2.24) is 4.98 Å². The van der Waals surface area contributed by atoms with Crippen molar-refractivity contribution < 1.29 is 4.79 Å². The molecule has 2 heterocycles. The van der Waals surface area contributed by atoms with Crippen molar-refractivity contribution in [2.24, 2.45) is 0 Å². The number of hydrogen-bond donors (Lipinski definition) is 1. The van der Waals surface area contributed by atoms with Crippen LogP contribution in [0, 0.1) is 0 Å². The Labute approximate surface area is 135 Å². The van der Waals surface area contributed by atoms with Gasteiger partial charge in [0.1, 0.15) is 5.69 Å². The largest absolute Gasteiger partial charge is 0.371 e. The molecule has 2 aromatic rings. The summed E-state index contributed by atoms with van der Waals surface area (Å²) in [5, 5.41) is 3.32. The highest BCUT2D eigenvalue weighted by Crippen LogP contribution is 2.23. The summed E-state index contributed by atoms with van der Waals surface area (Å²) in [6.07, 6.45) is 5.36. The number of amides is 1. The summed E-state index contributed by atoms with van der Waals surface area (Å²) in [6, 6.07) is 11.0. The Morgan fingerprint density at radius 2 is 1.91 bits per heavy atom. The van der Waals surface area contributed by atoms with E-state index in [0.717, 1.165) is 18.8 Å². The number of nitrogens with zero attached hydrogens (tertiary/aromatic N) is 2. The van der Waals surface area contributed by atoms with E-state index in [9.17, 15) is 4.79 Å². The molecule has 1 aromatic heterocycles.